The summed E-state index contributed by atoms with van der Waals surface area (Å²) in [5.41, 5.74) is 10.7. The first-order chi connectivity index (χ1) is 18.2. The van der Waals surface area contributed by atoms with Gasteiger partial charge in [0.1, 0.15) is 30.1 Å². The van der Waals surface area contributed by atoms with Crippen LogP contribution in [0, 0.1) is 0 Å². The number of nitrogen functional groups attached to an aromatic ring is 1. The van der Waals surface area contributed by atoms with Crippen molar-refractivity contribution < 1.29 is 4.74 Å². The fourth-order valence-electron chi connectivity index (χ4n) is 5.97. The molecule has 3 heterocycles. The molecule has 37 heavy (non-hydrogen) atoms. The summed E-state index contributed by atoms with van der Waals surface area (Å²) in [5.74, 6) is 1.39. The van der Waals surface area contributed by atoms with E-state index in [0.29, 0.717) is 24.5 Å². The molecule has 2 aromatic heterocycles. The van der Waals surface area contributed by atoms with Crippen molar-refractivity contribution in [2.75, 3.05) is 39.0 Å². The quantitative estimate of drug-likeness (QED) is 0.405. The minimum Gasteiger partial charge on any atom is -0.489 e. The first-order valence-electron chi connectivity index (χ1n) is 13.5. The number of anilines is 1. The van der Waals surface area contributed by atoms with Crippen LogP contribution in [0.25, 0.3) is 22.2 Å². The molecule has 2 fully saturated rings. The lowest BCUT2D eigenvalue weighted by molar-refractivity contribution is 0.0828. The second-order valence-electron chi connectivity index (χ2n) is 10.5. The lowest BCUT2D eigenvalue weighted by Crippen LogP contribution is -2.49. The molecule has 0 radical (unpaired) electrons. The van der Waals surface area contributed by atoms with Gasteiger partial charge in [-0.2, -0.15) is 0 Å². The number of nitrogens with zero attached hydrogens (tertiary/aromatic N) is 5. The number of aromatic nitrogens is 3. The van der Waals surface area contributed by atoms with Gasteiger partial charge in [-0.25, -0.2) is 9.97 Å². The highest BCUT2D eigenvalue weighted by Crippen LogP contribution is 2.39. The van der Waals surface area contributed by atoms with Gasteiger partial charge in [-0.1, -0.05) is 42.5 Å². The van der Waals surface area contributed by atoms with Crippen LogP contribution in [0.4, 0.5) is 5.82 Å². The van der Waals surface area contributed by atoms with Crippen LogP contribution in [0.5, 0.6) is 5.75 Å². The number of piperazine rings is 1. The number of benzene rings is 2. The second-order valence-corrected chi connectivity index (χ2v) is 10.5. The molecule has 1 aliphatic heterocycles. The maximum Gasteiger partial charge on any atom is 0.146 e. The Bertz CT molecular complexity index is 1320. The number of hydrogen-bond acceptors (Lipinski definition) is 6. The first-order valence-corrected chi connectivity index (χ1v) is 13.5. The van der Waals surface area contributed by atoms with Crippen LogP contribution in [0.1, 0.15) is 37.3 Å². The number of likely N-dealkylation sites (N-methyl/N-ethyl adjacent to an activating group) is 1. The Morgan fingerprint density at radius 1 is 0.865 bits per heavy atom. The van der Waals surface area contributed by atoms with Crippen LogP contribution in [-0.4, -0.2) is 63.6 Å². The number of fused-ring (bicyclic) bond motifs is 1. The van der Waals surface area contributed by atoms with Gasteiger partial charge >= 0.3 is 0 Å². The highest BCUT2D eigenvalue weighted by molar-refractivity contribution is 6.00. The smallest absolute Gasteiger partial charge is 0.146 e. The van der Waals surface area contributed by atoms with E-state index in [1.165, 1.54) is 39.0 Å². The fraction of sp³-hybridized carbons (Fsp3) is 0.400. The highest BCUT2D eigenvalue weighted by atomic mass is 16.5. The summed E-state index contributed by atoms with van der Waals surface area (Å²) in [7, 11) is 2.22. The van der Waals surface area contributed by atoms with Gasteiger partial charge in [0.15, 0.2) is 0 Å². The summed E-state index contributed by atoms with van der Waals surface area (Å²) >= 11 is 0. The highest BCUT2D eigenvalue weighted by Gasteiger charge is 2.29. The van der Waals surface area contributed by atoms with Crippen molar-refractivity contribution in [2.45, 2.75) is 44.4 Å². The maximum absolute atomic E-state index is 6.41. The van der Waals surface area contributed by atoms with E-state index in [2.05, 4.69) is 56.9 Å². The van der Waals surface area contributed by atoms with Gasteiger partial charge in [0.05, 0.1) is 5.39 Å². The standard InChI is InChI=1S/C30H36N6O/c1-34-15-17-35(18-16-34)24-9-11-25(12-10-24)36-19-27(28-29(31)32-21-33-30(28)36)23-7-13-26(14-8-23)37-20-22-5-3-2-4-6-22/h2-8,13-14,19,21,24-25H,9-12,15-18,20H2,1H3,(H2,31,32,33)/t24-,25-. The Morgan fingerprint density at radius 2 is 1.57 bits per heavy atom. The average Bonchev–Trinajstić information content (AvgIpc) is 3.34. The van der Waals surface area contributed by atoms with E-state index in [4.69, 9.17) is 15.5 Å². The van der Waals surface area contributed by atoms with Gasteiger partial charge in [0.25, 0.3) is 0 Å². The van der Waals surface area contributed by atoms with Gasteiger partial charge < -0.3 is 19.9 Å². The molecule has 192 valence electrons. The first kappa shape index (κ1) is 23.9. The van der Waals surface area contributed by atoms with Crippen LogP contribution in [0.3, 0.4) is 0 Å². The fourth-order valence-corrected chi connectivity index (χ4v) is 5.97. The van der Waals surface area contributed by atoms with E-state index in [0.717, 1.165) is 46.3 Å². The molecule has 0 spiro atoms. The minimum absolute atomic E-state index is 0.433. The molecule has 0 unspecified atom stereocenters. The maximum atomic E-state index is 6.41. The number of ether oxygens (including phenoxy) is 1. The van der Waals surface area contributed by atoms with Gasteiger partial charge in [0.2, 0.25) is 0 Å². The van der Waals surface area contributed by atoms with Crippen molar-refractivity contribution in [2.24, 2.45) is 0 Å². The molecule has 1 saturated carbocycles. The average molecular weight is 497 g/mol. The molecule has 0 atom stereocenters. The normalized spacial score (nSPS) is 21.3. The Morgan fingerprint density at radius 3 is 2.30 bits per heavy atom. The lowest BCUT2D eigenvalue weighted by Gasteiger charge is -2.41. The molecule has 2 aliphatic rings. The Hall–Kier alpha value is -3.42. The summed E-state index contributed by atoms with van der Waals surface area (Å²) in [6.07, 6.45) is 8.63. The summed E-state index contributed by atoms with van der Waals surface area (Å²) in [6, 6.07) is 19.6. The topological polar surface area (TPSA) is 72.4 Å². The van der Waals surface area contributed by atoms with Crippen molar-refractivity contribution in [3.63, 3.8) is 0 Å². The molecule has 4 aromatic rings. The van der Waals surface area contributed by atoms with Crippen molar-refractivity contribution in [1.82, 2.24) is 24.3 Å². The van der Waals surface area contributed by atoms with E-state index in [-0.39, 0.29) is 0 Å². The van der Waals surface area contributed by atoms with Crippen LogP contribution in [0.2, 0.25) is 0 Å². The Balaban J connectivity index is 1.20. The lowest BCUT2D eigenvalue weighted by atomic mass is 9.89. The zero-order valence-corrected chi connectivity index (χ0v) is 21.6. The molecular formula is C30H36N6O. The minimum atomic E-state index is 0.433. The molecule has 7 heteroatoms. The number of hydrogen-bond donors (Lipinski definition) is 1. The van der Waals surface area contributed by atoms with Crippen LogP contribution >= 0.6 is 0 Å². The molecule has 0 amide bonds. The molecular weight excluding hydrogens is 460 g/mol. The van der Waals surface area contributed by atoms with E-state index in [1.807, 2.05) is 30.3 Å². The second kappa shape index (κ2) is 10.5. The van der Waals surface area contributed by atoms with E-state index in [1.54, 1.807) is 6.33 Å². The third-order valence-electron chi connectivity index (χ3n) is 8.17. The third-order valence-corrected chi connectivity index (χ3v) is 8.17. The predicted molar refractivity (Wildman–Crippen MR) is 149 cm³/mol. The van der Waals surface area contributed by atoms with Crippen molar-refractivity contribution in [3.05, 3.63) is 72.7 Å². The zero-order chi connectivity index (χ0) is 25.2. The molecule has 2 N–H and O–H groups in total. The van der Waals surface area contributed by atoms with Crippen LogP contribution in [-0.2, 0) is 6.61 Å². The van der Waals surface area contributed by atoms with Gasteiger partial charge in [0, 0.05) is 50.0 Å². The predicted octanol–water partition coefficient (Wildman–Crippen LogP) is 4.99. The zero-order valence-electron chi connectivity index (χ0n) is 21.6. The number of nitrogens with two attached hydrogens (primary N) is 1. The van der Waals surface area contributed by atoms with Crippen molar-refractivity contribution >= 4 is 16.9 Å². The van der Waals surface area contributed by atoms with E-state index in [9.17, 15) is 0 Å². The van der Waals surface area contributed by atoms with E-state index >= 15 is 0 Å². The largest absolute Gasteiger partial charge is 0.489 e. The Labute approximate surface area is 218 Å². The third kappa shape index (κ3) is 5.06. The van der Waals surface area contributed by atoms with Crippen molar-refractivity contribution in [3.8, 4) is 16.9 Å². The van der Waals surface area contributed by atoms with Gasteiger partial charge in [-0.05, 0) is 56.0 Å². The number of rotatable bonds is 6. The van der Waals surface area contributed by atoms with Crippen LogP contribution < -0.4 is 10.5 Å². The molecule has 6 rings (SSSR count). The summed E-state index contributed by atoms with van der Waals surface area (Å²) in [6.45, 7) is 5.29. The van der Waals surface area contributed by atoms with Gasteiger partial charge in [-0.3, -0.25) is 4.90 Å². The SMILES string of the molecule is CN1CCN([C@H]2CC[C@H](n3cc(-c4ccc(OCc5ccccc5)cc4)c4c(N)ncnc43)CC2)CC1. The molecule has 1 saturated heterocycles. The van der Waals surface area contributed by atoms with Crippen LogP contribution in [0.15, 0.2) is 67.1 Å². The molecule has 1 aliphatic carbocycles. The van der Waals surface area contributed by atoms with Crippen molar-refractivity contribution in [1.29, 1.82) is 0 Å². The molecule has 7 nitrogen and oxygen atoms in total. The monoisotopic (exact) mass is 496 g/mol. The van der Waals surface area contributed by atoms with E-state index < -0.39 is 0 Å². The summed E-state index contributed by atoms with van der Waals surface area (Å²) in [5, 5.41) is 0.946. The summed E-state index contributed by atoms with van der Waals surface area (Å²) in [4.78, 5) is 14.2. The molecule has 2 aromatic carbocycles. The molecule has 0 bridgehead atoms. The summed E-state index contributed by atoms with van der Waals surface area (Å²) < 4.78 is 8.36. The van der Waals surface area contributed by atoms with Gasteiger partial charge in [-0.15, -0.1) is 0 Å². The Kier molecular flexibility index (Phi) is 6.81.